The number of ether oxygens (including phenoxy) is 1. The number of hydrogen-bond donors (Lipinski definition) is 1. The topological polar surface area (TPSA) is 29.5 Å². The van der Waals surface area contributed by atoms with Crippen LogP contribution < -0.4 is 4.74 Å². The van der Waals surface area contributed by atoms with Crippen LogP contribution in [0.3, 0.4) is 0 Å². The van der Waals surface area contributed by atoms with E-state index < -0.39 is 0 Å². The summed E-state index contributed by atoms with van der Waals surface area (Å²) in [6.45, 7) is 3.44. The normalized spacial score (nSPS) is 10.0. The van der Waals surface area contributed by atoms with Crippen LogP contribution in [0.25, 0.3) is 0 Å². The number of methoxy groups -OCH3 is 1. The zero-order valence-electron chi connectivity index (χ0n) is 8.79. The van der Waals surface area contributed by atoms with E-state index in [0.717, 1.165) is 18.4 Å². The summed E-state index contributed by atoms with van der Waals surface area (Å²) in [7, 11) is 1.59. The first-order chi connectivity index (χ1) is 7.13. The van der Waals surface area contributed by atoms with Gasteiger partial charge in [-0.05, 0) is 30.5 Å². The van der Waals surface area contributed by atoms with Gasteiger partial charge >= 0.3 is 0 Å². The Morgan fingerprint density at radius 2 is 2.27 bits per heavy atom. The van der Waals surface area contributed by atoms with Crippen molar-refractivity contribution in [1.82, 2.24) is 0 Å². The lowest BCUT2D eigenvalue weighted by Crippen LogP contribution is -1.89. The van der Waals surface area contributed by atoms with Gasteiger partial charge in [-0.1, -0.05) is 24.2 Å². The van der Waals surface area contributed by atoms with Gasteiger partial charge in [0.25, 0.3) is 0 Å². The molecule has 1 N–H and O–H groups in total. The fourth-order valence-corrected chi connectivity index (χ4v) is 1.64. The van der Waals surface area contributed by atoms with Crippen LogP contribution in [0.5, 0.6) is 5.75 Å². The molecule has 15 heavy (non-hydrogen) atoms. The van der Waals surface area contributed by atoms with Crippen molar-refractivity contribution in [2.45, 2.75) is 19.3 Å². The molecule has 3 heteroatoms. The van der Waals surface area contributed by atoms with Crippen molar-refractivity contribution in [1.29, 1.82) is 0 Å². The molecule has 0 heterocycles. The predicted octanol–water partition coefficient (Wildman–Crippen LogP) is 3.74. The lowest BCUT2D eigenvalue weighted by Gasteiger charge is -2.05. The van der Waals surface area contributed by atoms with Crippen molar-refractivity contribution in [3.05, 3.63) is 41.1 Å². The predicted molar refractivity (Wildman–Crippen MR) is 62.7 cm³/mol. The molecular formula is C12H15ClO2. The van der Waals surface area contributed by atoms with Gasteiger partial charge in [0.05, 0.1) is 17.9 Å². The van der Waals surface area contributed by atoms with Gasteiger partial charge in [-0.25, -0.2) is 0 Å². The SMILES string of the molecule is C=C(O)CCCc1ccc(OC)c(Cl)c1. The summed E-state index contributed by atoms with van der Waals surface area (Å²) in [4.78, 5) is 0. The van der Waals surface area contributed by atoms with Crippen LogP contribution in [0.1, 0.15) is 18.4 Å². The first-order valence-corrected chi connectivity index (χ1v) is 5.20. The zero-order chi connectivity index (χ0) is 11.3. The first kappa shape index (κ1) is 11.9. The van der Waals surface area contributed by atoms with E-state index in [1.807, 2.05) is 18.2 Å². The second-order valence-corrected chi connectivity index (χ2v) is 3.80. The second-order valence-electron chi connectivity index (χ2n) is 3.39. The van der Waals surface area contributed by atoms with Crippen LogP contribution in [0.4, 0.5) is 0 Å². The quantitative estimate of drug-likeness (QED) is 0.775. The molecule has 2 nitrogen and oxygen atoms in total. The molecule has 0 bridgehead atoms. The van der Waals surface area contributed by atoms with Crippen molar-refractivity contribution in [2.24, 2.45) is 0 Å². The Labute approximate surface area is 95.1 Å². The lowest BCUT2D eigenvalue weighted by molar-refractivity contribution is 0.387. The van der Waals surface area contributed by atoms with Crippen LogP contribution >= 0.6 is 11.6 Å². The van der Waals surface area contributed by atoms with Gasteiger partial charge in [0.1, 0.15) is 5.75 Å². The molecule has 0 aliphatic rings. The van der Waals surface area contributed by atoms with Crippen LogP contribution in [-0.2, 0) is 6.42 Å². The number of benzene rings is 1. The van der Waals surface area contributed by atoms with E-state index >= 15 is 0 Å². The van der Waals surface area contributed by atoms with Crippen LogP contribution in [0.2, 0.25) is 5.02 Å². The minimum absolute atomic E-state index is 0.231. The molecule has 0 fully saturated rings. The van der Waals surface area contributed by atoms with Gasteiger partial charge in [-0.3, -0.25) is 0 Å². The smallest absolute Gasteiger partial charge is 0.137 e. The summed E-state index contributed by atoms with van der Waals surface area (Å²) in [5, 5.41) is 9.55. The second kappa shape index (κ2) is 5.66. The Kier molecular flexibility index (Phi) is 4.50. The summed E-state index contributed by atoms with van der Waals surface area (Å²) in [5.74, 6) is 0.918. The van der Waals surface area contributed by atoms with Gasteiger partial charge in [0.15, 0.2) is 0 Å². The molecule has 0 atom stereocenters. The third-order valence-electron chi connectivity index (χ3n) is 2.15. The molecule has 82 valence electrons. The average Bonchev–Trinajstić information content (AvgIpc) is 2.17. The number of hydrogen-bond acceptors (Lipinski definition) is 2. The van der Waals surface area contributed by atoms with Gasteiger partial charge < -0.3 is 9.84 Å². The highest BCUT2D eigenvalue weighted by atomic mass is 35.5. The molecule has 0 unspecified atom stereocenters. The van der Waals surface area contributed by atoms with Crippen molar-refractivity contribution in [3.63, 3.8) is 0 Å². The summed E-state index contributed by atoms with van der Waals surface area (Å²) in [6, 6.07) is 5.72. The average molecular weight is 227 g/mol. The van der Waals surface area contributed by atoms with Crippen LogP contribution in [-0.4, -0.2) is 12.2 Å². The zero-order valence-corrected chi connectivity index (χ0v) is 9.55. The maximum Gasteiger partial charge on any atom is 0.137 e. The van der Waals surface area contributed by atoms with E-state index in [-0.39, 0.29) is 5.76 Å². The van der Waals surface area contributed by atoms with Crippen LogP contribution in [0.15, 0.2) is 30.5 Å². The molecule has 1 aromatic rings. The Hall–Kier alpha value is -1.15. The molecule has 0 spiro atoms. The number of allylic oxidation sites excluding steroid dienone is 1. The number of aliphatic hydroxyl groups is 1. The minimum Gasteiger partial charge on any atom is -0.513 e. The van der Waals surface area contributed by atoms with Crippen molar-refractivity contribution < 1.29 is 9.84 Å². The van der Waals surface area contributed by atoms with Gasteiger partial charge in [-0.2, -0.15) is 0 Å². The van der Waals surface area contributed by atoms with E-state index in [4.69, 9.17) is 21.4 Å². The summed E-state index contributed by atoms with van der Waals surface area (Å²) in [6.07, 6.45) is 2.38. The molecular weight excluding hydrogens is 212 g/mol. The monoisotopic (exact) mass is 226 g/mol. The highest BCUT2D eigenvalue weighted by Gasteiger charge is 2.01. The first-order valence-electron chi connectivity index (χ1n) is 4.82. The highest BCUT2D eigenvalue weighted by Crippen LogP contribution is 2.25. The van der Waals surface area contributed by atoms with E-state index in [9.17, 15) is 0 Å². The fraction of sp³-hybridized carbons (Fsp3) is 0.333. The molecule has 0 aliphatic carbocycles. The Morgan fingerprint density at radius 3 is 2.80 bits per heavy atom. The van der Waals surface area contributed by atoms with E-state index in [1.54, 1.807) is 7.11 Å². The van der Waals surface area contributed by atoms with Crippen LogP contribution in [0, 0.1) is 0 Å². The number of aliphatic hydroxyl groups excluding tert-OH is 1. The molecule has 1 aromatic carbocycles. The van der Waals surface area contributed by atoms with Gasteiger partial charge in [0, 0.05) is 6.42 Å². The Balaban J connectivity index is 2.55. The lowest BCUT2D eigenvalue weighted by atomic mass is 10.1. The molecule has 0 amide bonds. The Morgan fingerprint density at radius 1 is 1.53 bits per heavy atom. The number of halogens is 1. The fourth-order valence-electron chi connectivity index (χ4n) is 1.36. The summed E-state index contributed by atoms with van der Waals surface area (Å²) < 4.78 is 5.06. The van der Waals surface area contributed by atoms with Gasteiger partial charge in [-0.15, -0.1) is 0 Å². The van der Waals surface area contributed by atoms with Crippen molar-refractivity contribution >= 4 is 11.6 Å². The largest absolute Gasteiger partial charge is 0.513 e. The van der Waals surface area contributed by atoms with Crippen molar-refractivity contribution in [3.8, 4) is 5.75 Å². The molecule has 0 saturated carbocycles. The van der Waals surface area contributed by atoms with E-state index in [1.165, 1.54) is 0 Å². The number of rotatable bonds is 5. The molecule has 0 aromatic heterocycles. The van der Waals surface area contributed by atoms with Crippen molar-refractivity contribution in [2.75, 3.05) is 7.11 Å². The highest BCUT2D eigenvalue weighted by molar-refractivity contribution is 6.32. The maximum absolute atomic E-state index is 8.93. The minimum atomic E-state index is 0.231. The van der Waals surface area contributed by atoms with E-state index in [0.29, 0.717) is 17.2 Å². The third kappa shape index (κ3) is 3.84. The number of aryl methyl sites for hydroxylation is 1. The van der Waals surface area contributed by atoms with Gasteiger partial charge in [0.2, 0.25) is 0 Å². The maximum atomic E-state index is 8.93. The molecule has 0 aliphatic heterocycles. The molecule has 0 saturated heterocycles. The Bertz CT molecular complexity index is 347. The standard InChI is InChI=1S/C12H15ClO2/c1-9(14)4-3-5-10-6-7-12(15-2)11(13)8-10/h6-8,14H,1,3-5H2,2H3. The van der Waals surface area contributed by atoms with E-state index in [2.05, 4.69) is 6.58 Å². The third-order valence-corrected chi connectivity index (χ3v) is 2.44. The molecule has 1 rings (SSSR count). The molecule has 0 radical (unpaired) electrons. The summed E-state index contributed by atoms with van der Waals surface area (Å²) >= 11 is 5.98. The summed E-state index contributed by atoms with van der Waals surface area (Å²) in [5.41, 5.74) is 1.14.